The van der Waals surface area contributed by atoms with E-state index in [1.54, 1.807) is 0 Å². The minimum Gasteiger partial charge on any atom is -0.478 e. The van der Waals surface area contributed by atoms with Gasteiger partial charge in [-0.1, -0.05) is 0 Å². The average Bonchev–Trinajstić information content (AvgIpc) is 2.74. The Balaban J connectivity index is 2.19. The number of cyclic esters (lactones) is 1. The number of aliphatic carboxylic acids is 1. The standard InChI is InChI=1S/C12H8F2O5/c13-6-1-2-8(7(14)5-6)19-11(12(16)17)9-3-4-10(15)18-9/h1-5,9,11H,(H,16,17). The largest absolute Gasteiger partial charge is 0.478 e. The summed E-state index contributed by atoms with van der Waals surface area (Å²) in [6.45, 7) is 0. The van der Waals surface area contributed by atoms with Gasteiger partial charge >= 0.3 is 11.9 Å². The number of ether oxygens (including phenoxy) is 2. The number of hydrogen-bond acceptors (Lipinski definition) is 4. The van der Waals surface area contributed by atoms with Crippen LogP contribution in [0.5, 0.6) is 5.75 Å². The summed E-state index contributed by atoms with van der Waals surface area (Å²) in [6, 6.07) is 2.44. The zero-order chi connectivity index (χ0) is 14.0. The first-order valence-electron chi connectivity index (χ1n) is 5.20. The topological polar surface area (TPSA) is 72.8 Å². The lowest BCUT2D eigenvalue weighted by Crippen LogP contribution is -2.39. The Hall–Kier alpha value is -2.44. The minimum absolute atomic E-state index is 0.440. The molecule has 0 saturated carbocycles. The van der Waals surface area contributed by atoms with Gasteiger partial charge in [0.05, 0.1) is 0 Å². The van der Waals surface area contributed by atoms with Gasteiger partial charge < -0.3 is 14.6 Å². The Morgan fingerprint density at radius 1 is 1.42 bits per heavy atom. The zero-order valence-corrected chi connectivity index (χ0v) is 9.38. The van der Waals surface area contributed by atoms with E-state index in [4.69, 9.17) is 9.84 Å². The van der Waals surface area contributed by atoms with E-state index in [0.29, 0.717) is 6.07 Å². The maximum Gasteiger partial charge on any atom is 0.349 e. The van der Waals surface area contributed by atoms with E-state index in [0.717, 1.165) is 18.2 Å². The lowest BCUT2D eigenvalue weighted by molar-refractivity contribution is -0.155. The molecule has 2 rings (SSSR count). The monoisotopic (exact) mass is 270 g/mol. The highest BCUT2D eigenvalue weighted by molar-refractivity contribution is 5.86. The van der Waals surface area contributed by atoms with Gasteiger partial charge in [-0.3, -0.25) is 0 Å². The van der Waals surface area contributed by atoms with Crippen LogP contribution in [-0.2, 0) is 14.3 Å². The second kappa shape index (κ2) is 5.05. The van der Waals surface area contributed by atoms with Crippen LogP contribution in [0.3, 0.4) is 0 Å². The predicted molar refractivity (Wildman–Crippen MR) is 57.4 cm³/mol. The molecule has 0 saturated heterocycles. The van der Waals surface area contributed by atoms with Crippen molar-refractivity contribution in [2.24, 2.45) is 0 Å². The van der Waals surface area contributed by atoms with Gasteiger partial charge in [-0.05, 0) is 18.2 Å². The molecule has 1 aliphatic rings. The molecule has 0 radical (unpaired) electrons. The fourth-order valence-electron chi connectivity index (χ4n) is 1.51. The lowest BCUT2D eigenvalue weighted by Gasteiger charge is -2.19. The fourth-order valence-corrected chi connectivity index (χ4v) is 1.51. The van der Waals surface area contributed by atoms with Crippen molar-refractivity contribution in [3.8, 4) is 5.75 Å². The summed E-state index contributed by atoms with van der Waals surface area (Å²) in [4.78, 5) is 21.9. The van der Waals surface area contributed by atoms with Gasteiger partial charge in [-0.15, -0.1) is 0 Å². The number of carboxylic acids is 1. The molecule has 1 aromatic rings. The molecule has 0 fully saturated rings. The number of benzene rings is 1. The van der Waals surface area contributed by atoms with Gasteiger partial charge in [0.15, 0.2) is 17.7 Å². The maximum atomic E-state index is 13.4. The van der Waals surface area contributed by atoms with Crippen LogP contribution in [0.15, 0.2) is 30.4 Å². The third-order valence-electron chi connectivity index (χ3n) is 2.36. The first-order valence-corrected chi connectivity index (χ1v) is 5.20. The van der Waals surface area contributed by atoms with Crippen LogP contribution in [0.2, 0.25) is 0 Å². The smallest absolute Gasteiger partial charge is 0.349 e. The number of carboxylic acid groups (broad SMARTS) is 1. The normalized spacial score (nSPS) is 19.1. The predicted octanol–water partition coefficient (Wildman–Crippen LogP) is 1.28. The van der Waals surface area contributed by atoms with Gasteiger partial charge in [0.1, 0.15) is 5.82 Å². The van der Waals surface area contributed by atoms with Crippen molar-refractivity contribution >= 4 is 11.9 Å². The van der Waals surface area contributed by atoms with Gasteiger partial charge in [0.2, 0.25) is 6.10 Å². The van der Waals surface area contributed by atoms with Crippen LogP contribution < -0.4 is 4.74 Å². The van der Waals surface area contributed by atoms with Crippen LogP contribution in [0.1, 0.15) is 0 Å². The highest BCUT2D eigenvalue weighted by Crippen LogP contribution is 2.22. The van der Waals surface area contributed by atoms with Crippen LogP contribution in [0, 0.1) is 11.6 Å². The average molecular weight is 270 g/mol. The Morgan fingerprint density at radius 3 is 2.68 bits per heavy atom. The summed E-state index contributed by atoms with van der Waals surface area (Å²) >= 11 is 0. The maximum absolute atomic E-state index is 13.4. The van der Waals surface area contributed by atoms with Crippen LogP contribution in [-0.4, -0.2) is 29.3 Å². The molecular weight excluding hydrogens is 262 g/mol. The lowest BCUT2D eigenvalue weighted by atomic mass is 10.2. The van der Waals surface area contributed by atoms with E-state index in [1.165, 1.54) is 6.08 Å². The molecular formula is C12H8F2O5. The number of halogens is 2. The summed E-state index contributed by atoms with van der Waals surface area (Å²) in [5.41, 5.74) is 0. The number of carbonyl (C=O) groups is 2. The van der Waals surface area contributed by atoms with Crippen molar-refractivity contribution in [1.29, 1.82) is 0 Å². The Bertz CT molecular complexity index is 555. The van der Waals surface area contributed by atoms with Crippen LogP contribution in [0.4, 0.5) is 8.78 Å². The molecule has 19 heavy (non-hydrogen) atoms. The van der Waals surface area contributed by atoms with E-state index in [2.05, 4.69) is 4.74 Å². The van der Waals surface area contributed by atoms with Crippen molar-refractivity contribution in [1.82, 2.24) is 0 Å². The third kappa shape index (κ3) is 2.87. The highest BCUT2D eigenvalue weighted by Gasteiger charge is 2.34. The molecule has 100 valence electrons. The van der Waals surface area contributed by atoms with E-state index < -0.39 is 41.5 Å². The fraction of sp³-hybridized carbons (Fsp3) is 0.167. The number of hydrogen-bond donors (Lipinski definition) is 1. The summed E-state index contributed by atoms with van der Waals surface area (Å²) in [5.74, 6) is -4.44. The zero-order valence-electron chi connectivity index (χ0n) is 9.38. The molecule has 2 atom stereocenters. The highest BCUT2D eigenvalue weighted by atomic mass is 19.1. The van der Waals surface area contributed by atoms with Gasteiger partial charge in [0, 0.05) is 12.1 Å². The van der Waals surface area contributed by atoms with Crippen molar-refractivity contribution in [2.45, 2.75) is 12.2 Å². The molecule has 5 nitrogen and oxygen atoms in total. The molecule has 1 aliphatic heterocycles. The Labute approximate surface area is 106 Å². The first-order chi connectivity index (χ1) is 8.97. The summed E-state index contributed by atoms with van der Waals surface area (Å²) in [7, 11) is 0. The number of carbonyl (C=O) groups excluding carboxylic acids is 1. The molecule has 0 spiro atoms. The molecule has 0 bridgehead atoms. The number of rotatable bonds is 4. The van der Waals surface area contributed by atoms with E-state index in [-0.39, 0.29) is 0 Å². The molecule has 0 amide bonds. The third-order valence-corrected chi connectivity index (χ3v) is 2.36. The molecule has 2 unspecified atom stereocenters. The molecule has 7 heteroatoms. The van der Waals surface area contributed by atoms with E-state index in [1.807, 2.05) is 0 Å². The van der Waals surface area contributed by atoms with Gasteiger partial charge in [-0.25, -0.2) is 18.4 Å². The second-order valence-corrected chi connectivity index (χ2v) is 3.71. The summed E-state index contributed by atoms with van der Waals surface area (Å²) < 4.78 is 35.6. The van der Waals surface area contributed by atoms with E-state index in [9.17, 15) is 18.4 Å². The Morgan fingerprint density at radius 2 is 2.16 bits per heavy atom. The van der Waals surface area contributed by atoms with Crippen molar-refractivity contribution in [3.63, 3.8) is 0 Å². The SMILES string of the molecule is O=C1C=CC(C(Oc2ccc(F)cc2F)C(=O)O)O1. The number of esters is 1. The quantitative estimate of drug-likeness (QED) is 0.834. The molecule has 1 N–H and O–H groups in total. The van der Waals surface area contributed by atoms with E-state index >= 15 is 0 Å². The molecule has 0 aliphatic carbocycles. The van der Waals surface area contributed by atoms with Gasteiger partial charge in [0.25, 0.3) is 0 Å². The summed E-state index contributed by atoms with van der Waals surface area (Å²) in [6.07, 6.45) is -0.523. The van der Waals surface area contributed by atoms with Crippen molar-refractivity contribution < 1.29 is 33.0 Å². The van der Waals surface area contributed by atoms with Gasteiger partial charge in [-0.2, -0.15) is 0 Å². The first kappa shape index (κ1) is 13.0. The Kier molecular flexibility index (Phi) is 3.46. The minimum atomic E-state index is -1.61. The second-order valence-electron chi connectivity index (χ2n) is 3.71. The summed E-state index contributed by atoms with van der Waals surface area (Å²) in [5, 5.41) is 8.98. The molecule has 1 heterocycles. The molecule has 1 aromatic carbocycles. The van der Waals surface area contributed by atoms with Crippen LogP contribution in [0.25, 0.3) is 0 Å². The van der Waals surface area contributed by atoms with Crippen molar-refractivity contribution in [3.05, 3.63) is 42.0 Å². The molecule has 0 aromatic heterocycles. The van der Waals surface area contributed by atoms with Crippen LogP contribution >= 0.6 is 0 Å². The van der Waals surface area contributed by atoms with Crippen molar-refractivity contribution in [2.75, 3.05) is 0 Å².